The van der Waals surface area contributed by atoms with Gasteiger partial charge in [-0.1, -0.05) is 42.5 Å². The van der Waals surface area contributed by atoms with Crippen LogP contribution in [0.5, 0.6) is 5.75 Å². The fourth-order valence-corrected chi connectivity index (χ4v) is 3.25. The average Bonchev–Trinajstić information content (AvgIpc) is 3.25. The SMILES string of the molecule is O=C(Nc1ccc(OCc2ccccc2)cc1)C1CC(c2ccc(F)cc2)NN1. The second kappa shape index (κ2) is 8.86. The number of hydrazine groups is 1. The van der Waals surface area contributed by atoms with Gasteiger partial charge in [0.15, 0.2) is 0 Å². The van der Waals surface area contributed by atoms with Crippen LogP contribution in [0.2, 0.25) is 0 Å². The van der Waals surface area contributed by atoms with E-state index >= 15 is 0 Å². The number of anilines is 1. The maximum absolute atomic E-state index is 13.1. The summed E-state index contributed by atoms with van der Waals surface area (Å²) in [5.74, 6) is 0.342. The number of benzene rings is 3. The van der Waals surface area contributed by atoms with Gasteiger partial charge in [-0.05, 0) is 53.9 Å². The van der Waals surface area contributed by atoms with Crippen LogP contribution >= 0.6 is 0 Å². The summed E-state index contributed by atoms with van der Waals surface area (Å²) >= 11 is 0. The number of halogens is 1. The second-order valence-corrected chi connectivity index (χ2v) is 6.97. The van der Waals surface area contributed by atoms with Gasteiger partial charge in [-0.25, -0.2) is 15.2 Å². The van der Waals surface area contributed by atoms with Crippen molar-refractivity contribution in [3.05, 3.63) is 95.8 Å². The van der Waals surface area contributed by atoms with Crippen LogP contribution < -0.4 is 20.9 Å². The van der Waals surface area contributed by atoms with Crippen molar-refractivity contribution in [2.75, 3.05) is 5.32 Å². The lowest BCUT2D eigenvalue weighted by molar-refractivity contribution is -0.117. The lowest BCUT2D eigenvalue weighted by Gasteiger charge is -2.12. The van der Waals surface area contributed by atoms with Crippen LogP contribution in [0, 0.1) is 5.82 Å². The summed E-state index contributed by atoms with van der Waals surface area (Å²) in [5, 5.41) is 2.91. The third-order valence-corrected chi connectivity index (χ3v) is 4.86. The van der Waals surface area contributed by atoms with E-state index in [1.165, 1.54) is 12.1 Å². The molecule has 1 fully saturated rings. The molecule has 2 unspecified atom stereocenters. The van der Waals surface area contributed by atoms with Gasteiger partial charge in [0.25, 0.3) is 0 Å². The number of ether oxygens (including phenoxy) is 1. The molecule has 1 aliphatic rings. The molecular formula is C23H22FN3O2. The molecule has 6 heteroatoms. The molecule has 1 heterocycles. The Morgan fingerprint density at radius 1 is 0.966 bits per heavy atom. The fraction of sp³-hybridized carbons (Fsp3) is 0.174. The Morgan fingerprint density at radius 2 is 1.69 bits per heavy atom. The molecule has 148 valence electrons. The van der Waals surface area contributed by atoms with Crippen molar-refractivity contribution in [2.45, 2.75) is 25.1 Å². The molecule has 3 N–H and O–H groups in total. The summed E-state index contributed by atoms with van der Waals surface area (Å²) in [6.45, 7) is 0.495. The predicted octanol–water partition coefficient (Wildman–Crippen LogP) is 3.95. The van der Waals surface area contributed by atoms with Crippen molar-refractivity contribution in [3.8, 4) is 5.75 Å². The average molecular weight is 391 g/mol. The van der Waals surface area contributed by atoms with Gasteiger partial charge in [0, 0.05) is 11.7 Å². The minimum atomic E-state index is -0.376. The smallest absolute Gasteiger partial charge is 0.242 e. The van der Waals surface area contributed by atoms with E-state index in [0.717, 1.165) is 16.9 Å². The molecule has 0 saturated carbocycles. The van der Waals surface area contributed by atoms with Crippen LogP contribution in [-0.2, 0) is 11.4 Å². The van der Waals surface area contributed by atoms with Crippen molar-refractivity contribution in [3.63, 3.8) is 0 Å². The standard InChI is InChI=1S/C23H22FN3O2/c24-18-8-6-17(7-9-18)21-14-22(27-26-21)23(28)25-19-10-12-20(13-11-19)29-15-16-4-2-1-3-5-16/h1-13,21-22,26-27H,14-15H2,(H,25,28). The fourth-order valence-electron chi connectivity index (χ4n) is 3.25. The monoisotopic (exact) mass is 391 g/mol. The number of hydrogen-bond acceptors (Lipinski definition) is 4. The number of carbonyl (C=O) groups excluding carboxylic acids is 1. The lowest BCUT2D eigenvalue weighted by Crippen LogP contribution is -2.39. The van der Waals surface area contributed by atoms with Crippen LogP contribution in [0.3, 0.4) is 0 Å². The van der Waals surface area contributed by atoms with E-state index in [9.17, 15) is 9.18 Å². The Bertz CT molecular complexity index is 946. The first-order valence-corrected chi connectivity index (χ1v) is 9.51. The van der Waals surface area contributed by atoms with Crippen molar-refractivity contribution in [2.24, 2.45) is 0 Å². The van der Waals surface area contributed by atoms with Crippen LogP contribution in [0.15, 0.2) is 78.9 Å². The first kappa shape index (κ1) is 19.1. The molecule has 29 heavy (non-hydrogen) atoms. The zero-order valence-corrected chi connectivity index (χ0v) is 15.8. The van der Waals surface area contributed by atoms with Crippen molar-refractivity contribution >= 4 is 11.6 Å². The third-order valence-electron chi connectivity index (χ3n) is 4.86. The maximum atomic E-state index is 13.1. The van der Waals surface area contributed by atoms with E-state index in [-0.39, 0.29) is 23.8 Å². The van der Waals surface area contributed by atoms with Gasteiger partial charge in [0.1, 0.15) is 24.2 Å². The number of amides is 1. The quantitative estimate of drug-likeness (QED) is 0.595. The molecular weight excluding hydrogens is 369 g/mol. The summed E-state index contributed by atoms with van der Waals surface area (Å²) in [6.07, 6.45) is 0.579. The third kappa shape index (κ3) is 4.99. The first-order chi connectivity index (χ1) is 14.2. The molecule has 1 amide bonds. The molecule has 1 saturated heterocycles. The number of hydrogen-bond donors (Lipinski definition) is 3. The molecule has 0 aliphatic carbocycles. The zero-order valence-electron chi connectivity index (χ0n) is 15.8. The summed E-state index contributed by atoms with van der Waals surface area (Å²) in [6, 6.07) is 23.1. The Balaban J connectivity index is 1.29. The largest absolute Gasteiger partial charge is 0.489 e. The Labute approximate surface area is 168 Å². The molecule has 2 atom stereocenters. The van der Waals surface area contributed by atoms with Gasteiger partial charge < -0.3 is 10.1 Å². The number of rotatable bonds is 6. The molecule has 3 aromatic carbocycles. The van der Waals surface area contributed by atoms with Crippen molar-refractivity contribution in [1.82, 2.24) is 10.9 Å². The van der Waals surface area contributed by atoms with Crippen LogP contribution in [0.25, 0.3) is 0 Å². The number of carbonyl (C=O) groups is 1. The molecule has 0 radical (unpaired) electrons. The van der Waals surface area contributed by atoms with Crippen molar-refractivity contribution < 1.29 is 13.9 Å². The van der Waals surface area contributed by atoms with Crippen molar-refractivity contribution in [1.29, 1.82) is 0 Å². The molecule has 0 bridgehead atoms. The van der Waals surface area contributed by atoms with E-state index < -0.39 is 0 Å². The highest BCUT2D eigenvalue weighted by molar-refractivity contribution is 5.95. The summed E-state index contributed by atoms with van der Waals surface area (Å²) in [5.41, 5.74) is 8.85. The van der Waals surface area contributed by atoms with Crippen LogP contribution in [0.4, 0.5) is 10.1 Å². The van der Waals surface area contributed by atoms with Gasteiger partial charge in [0.05, 0.1) is 0 Å². The molecule has 4 rings (SSSR count). The minimum absolute atomic E-state index is 0.0416. The predicted molar refractivity (Wildman–Crippen MR) is 110 cm³/mol. The van der Waals surface area contributed by atoms with E-state index in [0.29, 0.717) is 18.7 Å². The highest BCUT2D eigenvalue weighted by Crippen LogP contribution is 2.23. The molecule has 0 spiro atoms. The van der Waals surface area contributed by atoms with Gasteiger partial charge in [-0.15, -0.1) is 0 Å². The molecule has 1 aliphatic heterocycles. The van der Waals surface area contributed by atoms with Crippen LogP contribution in [-0.4, -0.2) is 11.9 Å². The number of nitrogens with one attached hydrogen (secondary N) is 3. The van der Waals surface area contributed by atoms with E-state index in [4.69, 9.17) is 4.74 Å². The van der Waals surface area contributed by atoms with Gasteiger partial charge in [-0.2, -0.15) is 0 Å². The summed E-state index contributed by atoms with van der Waals surface area (Å²) in [7, 11) is 0. The topological polar surface area (TPSA) is 62.4 Å². The Kier molecular flexibility index (Phi) is 5.84. The Hall–Kier alpha value is -3.22. The Morgan fingerprint density at radius 3 is 2.41 bits per heavy atom. The normalized spacial score (nSPS) is 18.4. The second-order valence-electron chi connectivity index (χ2n) is 6.97. The summed E-state index contributed by atoms with van der Waals surface area (Å²) in [4.78, 5) is 12.5. The lowest BCUT2D eigenvalue weighted by atomic mass is 10.0. The maximum Gasteiger partial charge on any atom is 0.242 e. The van der Waals surface area contributed by atoms with E-state index in [2.05, 4.69) is 16.2 Å². The van der Waals surface area contributed by atoms with Crippen LogP contribution in [0.1, 0.15) is 23.6 Å². The van der Waals surface area contributed by atoms with E-state index in [1.807, 2.05) is 54.6 Å². The highest BCUT2D eigenvalue weighted by Gasteiger charge is 2.30. The first-order valence-electron chi connectivity index (χ1n) is 9.51. The van der Waals surface area contributed by atoms with Gasteiger partial charge in [-0.3, -0.25) is 4.79 Å². The summed E-state index contributed by atoms with van der Waals surface area (Å²) < 4.78 is 18.8. The molecule has 5 nitrogen and oxygen atoms in total. The van der Waals surface area contributed by atoms with Gasteiger partial charge >= 0.3 is 0 Å². The highest BCUT2D eigenvalue weighted by atomic mass is 19.1. The molecule has 3 aromatic rings. The van der Waals surface area contributed by atoms with E-state index in [1.54, 1.807) is 12.1 Å². The van der Waals surface area contributed by atoms with Gasteiger partial charge in [0.2, 0.25) is 5.91 Å². The molecule has 0 aromatic heterocycles. The minimum Gasteiger partial charge on any atom is -0.489 e. The zero-order chi connectivity index (χ0) is 20.1.